The number of rotatable bonds is 8. The van der Waals surface area contributed by atoms with Crippen LogP contribution in [0.4, 0.5) is 0 Å². The number of benzene rings is 2. The highest BCUT2D eigenvalue weighted by atomic mass is 16.5. The van der Waals surface area contributed by atoms with Gasteiger partial charge in [-0.3, -0.25) is 9.69 Å². The molecule has 0 spiro atoms. The van der Waals surface area contributed by atoms with Crippen LogP contribution < -0.4 is 4.74 Å². The Morgan fingerprint density at radius 2 is 1.70 bits per heavy atom. The molecule has 0 aliphatic heterocycles. The SMILES string of the molecule is CCC(Cc1ccccc1)C(=O)c1ccc(OCN(C)C)cc1. The first kappa shape index (κ1) is 17.2. The van der Waals surface area contributed by atoms with Crippen molar-refractivity contribution in [3.63, 3.8) is 0 Å². The minimum Gasteiger partial charge on any atom is -0.478 e. The van der Waals surface area contributed by atoms with Gasteiger partial charge in [0.1, 0.15) is 12.5 Å². The smallest absolute Gasteiger partial charge is 0.166 e. The first-order valence-electron chi connectivity index (χ1n) is 8.06. The van der Waals surface area contributed by atoms with Crippen molar-refractivity contribution >= 4 is 5.78 Å². The molecule has 0 amide bonds. The summed E-state index contributed by atoms with van der Waals surface area (Å²) in [4.78, 5) is 14.7. The summed E-state index contributed by atoms with van der Waals surface area (Å²) >= 11 is 0. The van der Waals surface area contributed by atoms with Crippen molar-refractivity contribution in [2.75, 3.05) is 20.8 Å². The summed E-state index contributed by atoms with van der Waals surface area (Å²) in [7, 11) is 3.90. The number of carbonyl (C=O) groups is 1. The summed E-state index contributed by atoms with van der Waals surface area (Å²) in [5.41, 5.74) is 1.96. The van der Waals surface area contributed by atoms with E-state index in [0.29, 0.717) is 6.73 Å². The molecule has 0 N–H and O–H groups in total. The first-order chi connectivity index (χ1) is 11.1. The van der Waals surface area contributed by atoms with E-state index in [0.717, 1.165) is 24.2 Å². The van der Waals surface area contributed by atoms with Gasteiger partial charge in [0.15, 0.2) is 5.78 Å². The molecule has 0 saturated carbocycles. The Labute approximate surface area is 138 Å². The van der Waals surface area contributed by atoms with Gasteiger partial charge in [-0.2, -0.15) is 0 Å². The number of nitrogens with zero attached hydrogens (tertiary/aromatic N) is 1. The van der Waals surface area contributed by atoms with Gasteiger partial charge < -0.3 is 4.74 Å². The predicted molar refractivity (Wildman–Crippen MR) is 93.9 cm³/mol. The van der Waals surface area contributed by atoms with E-state index in [2.05, 4.69) is 19.1 Å². The molecule has 0 aromatic heterocycles. The van der Waals surface area contributed by atoms with Crippen LogP contribution in [0.25, 0.3) is 0 Å². The lowest BCUT2D eigenvalue weighted by atomic mass is 9.89. The Hall–Kier alpha value is -2.13. The zero-order valence-electron chi connectivity index (χ0n) is 14.2. The lowest BCUT2D eigenvalue weighted by Gasteiger charge is -2.15. The average molecular weight is 311 g/mol. The molecule has 3 heteroatoms. The molecule has 2 rings (SSSR count). The summed E-state index contributed by atoms with van der Waals surface area (Å²) in [5, 5.41) is 0. The summed E-state index contributed by atoms with van der Waals surface area (Å²) < 4.78 is 5.60. The second-order valence-electron chi connectivity index (χ2n) is 6.04. The highest BCUT2D eigenvalue weighted by molar-refractivity contribution is 5.98. The van der Waals surface area contributed by atoms with Gasteiger partial charge in [0.05, 0.1) is 0 Å². The maximum atomic E-state index is 12.7. The Morgan fingerprint density at radius 3 is 2.26 bits per heavy atom. The van der Waals surface area contributed by atoms with Crippen LogP contribution in [-0.2, 0) is 6.42 Å². The van der Waals surface area contributed by atoms with Crippen molar-refractivity contribution in [3.05, 3.63) is 65.7 Å². The molecule has 0 aliphatic rings. The Kier molecular flexibility index (Phi) is 6.36. The molecule has 2 aromatic carbocycles. The molecule has 0 aliphatic carbocycles. The normalized spacial score (nSPS) is 12.2. The van der Waals surface area contributed by atoms with Gasteiger partial charge in [-0.1, -0.05) is 37.3 Å². The lowest BCUT2D eigenvalue weighted by molar-refractivity contribution is 0.0916. The fraction of sp³-hybridized carbons (Fsp3) is 0.350. The van der Waals surface area contributed by atoms with E-state index in [1.54, 1.807) is 0 Å². The molecule has 0 fully saturated rings. The van der Waals surface area contributed by atoms with Crippen molar-refractivity contribution in [2.24, 2.45) is 5.92 Å². The monoisotopic (exact) mass is 311 g/mol. The molecular weight excluding hydrogens is 286 g/mol. The Balaban J connectivity index is 2.02. The second kappa shape index (κ2) is 8.49. The molecule has 1 atom stereocenters. The molecule has 122 valence electrons. The van der Waals surface area contributed by atoms with Crippen molar-refractivity contribution in [1.82, 2.24) is 4.90 Å². The van der Waals surface area contributed by atoms with E-state index < -0.39 is 0 Å². The number of Topliss-reactive ketones (excluding diaryl/α,β-unsaturated/α-hetero) is 1. The number of hydrogen-bond acceptors (Lipinski definition) is 3. The third kappa shape index (κ3) is 5.22. The maximum Gasteiger partial charge on any atom is 0.166 e. The minimum atomic E-state index is 0.0194. The molecule has 3 nitrogen and oxygen atoms in total. The fourth-order valence-electron chi connectivity index (χ4n) is 2.48. The largest absolute Gasteiger partial charge is 0.478 e. The van der Waals surface area contributed by atoms with Crippen molar-refractivity contribution < 1.29 is 9.53 Å². The van der Waals surface area contributed by atoms with Crippen molar-refractivity contribution in [2.45, 2.75) is 19.8 Å². The topological polar surface area (TPSA) is 29.5 Å². The molecule has 0 heterocycles. The summed E-state index contributed by atoms with van der Waals surface area (Å²) in [6.07, 6.45) is 1.63. The number of carbonyl (C=O) groups excluding carboxylic acids is 1. The summed E-state index contributed by atoms with van der Waals surface area (Å²) in [5.74, 6) is 1.01. The highest BCUT2D eigenvalue weighted by Crippen LogP contribution is 2.20. The standard InChI is InChI=1S/C20H25NO2/c1-4-17(14-16-8-6-5-7-9-16)20(22)18-10-12-19(13-11-18)23-15-21(2)3/h5-13,17H,4,14-15H2,1-3H3. The van der Waals surface area contributed by atoms with Gasteiger partial charge >= 0.3 is 0 Å². The van der Waals surface area contributed by atoms with Crippen LogP contribution in [-0.4, -0.2) is 31.5 Å². The van der Waals surface area contributed by atoms with Crippen LogP contribution >= 0.6 is 0 Å². The van der Waals surface area contributed by atoms with Gasteiger partial charge in [0, 0.05) is 11.5 Å². The van der Waals surface area contributed by atoms with Crippen LogP contribution in [0.5, 0.6) is 5.75 Å². The van der Waals surface area contributed by atoms with E-state index in [1.807, 2.05) is 61.5 Å². The zero-order valence-corrected chi connectivity index (χ0v) is 14.2. The predicted octanol–water partition coefficient (Wildman–Crippen LogP) is 4.04. The third-order valence-electron chi connectivity index (χ3n) is 3.82. The Morgan fingerprint density at radius 1 is 1.04 bits per heavy atom. The van der Waals surface area contributed by atoms with Gasteiger partial charge in [-0.25, -0.2) is 0 Å². The number of hydrogen-bond donors (Lipinski definition) is 0. The number of ketones is 1. The molecule has 0 bridgehead atoms. The molecule has 2 aromatic rings. The van der Waals surface area contributed by atoms with E-state index in [9.17, 15) is 4.79 Å². The molecule has 0 saturated heterocycles. The molecule has 0 radical (unpaired) electrons. The van der Waals surface area contributed by atoms with Gasteiger partial charge in [-0.15, -0.1) is 0 Å². The van der Waals surface area contributed by atoms with E-state index in [-0.39, 0.29) is 11.7 Å². The highest BCUT2D eigenvalue weighted by Gasteiger charge is 2.18. The van der Waals surface area contributed by atoms with Crippen LogP contribution in [0, 0.1) is 5.92 Å². The van der Waals surface area contributed by atoms with E-state index in [1.165, 1.54) is 5.56 Å². The Bertz CT molecular complexity index is 605. The fourth-order valence-corrected chi connectivity index (χ4v) is 2.48. The summed E-state index contributed by atoms with van der Waals surface area (Å²) in [6.45, 7) is 2.60. The quantitative estimate of drug-likeness (QED) is 0.544. The van der Waals surface area contributed by atoms with E-state index >= 15 is 0 Å². The maximum absolute atomic E-state index is 12.7. The van der Waals surface area contributed by atoms with Crippen LogP contribution in [0.2, 0.25) is 0 Å². The van der Waals surface area contributed by atoms with Gasteiger partial charge in [-0.05, 0) is 56.8 Å². The number of ether oxygens (including phenoxy) is 1. The van der Waals surface area contributed by atoms with Crippen LogP contribution in [0.1, 0.15) is 29.3 Å². The third-order valence-corrected chi connectivity index (χ3v) is 3.82. The minimum absolute atomic E-state index is 0.0194. The van der Waals surface area contributed by atoms with Crippen LogP contribution in [0.3, 0.4) is 0 Å². The van der Waals surface area contributed by atoms with Crippen LogP contribution in [0.15, 0.2) is 54.6 Å². The molecule has 1 unspecified atom stereocenters. The molecular formula is C20H25NO2. The lowest BCUT2D eigenvalue weighted by Crippen LogP contribution is -2.18. The van der Waals surface area contributed by atoms with Crippen molar-refractivity contribution in [1.29, 1.82) is 0 Å². The molecule has 23 heavy (non-hydrogen) atoms. The van der Waals surface area contributed by atoms with Gasteiger partial charge in [0.25, 0.3) is 0 Å². The zero-order chi connectivity index (χ0) is 16.7. The summed E-state index contributed by atoms with van der Waals surface area (Å²) in [6, 6.07) is 17.6. The average Bonchev–Trinajstić information content (AvgIpc) is 2.58. The second-order valence-corrected chi connectivity index (χ2v) is 6.04. The van der Waals surface area contributed by atoms with Gasteiger partial charge in [0.2, 0.25) is 0 Å². The van der Waals surface area contributed by atoms with E-state index in [4.69, 9.17) is 4.74 Å². The first-order valence-corrected chi connectivity index (χ1v) is 8.06. The van der Waals surface area contributed by atoms with Crippen molar-refractivity contribution in [3.8, 4) is 5.75 Å².